The van der Waals surface area contributed by atoms with Gasteiger partial charge in [-0.3, -0.25) is 0 Å². The smallest absolute Gasteiger partial charge is 0.186 e. The van der Waals surface area contributed by atoms with Crippen molar-refractivity contribution in [3.63, 3.8) is 0 Å². The molecule has 0 bridgehead atoms. The Morgan fingerprint density at radius 1 is 0.977 bits per heavy atom. The number of hydrogen-bond donors (Lipinski definition) is 6. The van der Waals surface area contributed by atoms with Crippen LogP contribution in [0.2, 0.25) is 0 Å². The van der Waals surface area contributed by atoms with Crippen molar-refractivity contribution in [1.29, 1.82) is 0 Å². The molecule has 0 radical (unpaired) electrons. The normalized spacial score (nSPS) is 57.9. The number of aliphatic hydroxyl groups excluding tert-OH is 5. The number of aliphatic hydroxyl groups is 6. The standard InChI is InChI=1S/C33H52O10/c1-17-32(11-6-18(16-41-32)15-40-29-28(38)27(37)26(36)24(14-34)42-29)43-25-13-23-21-5-4-19-12-20(35)7-9-30(19,2)22(21)8-10-31(23,3)33(17,25)39/h4,17-18,20-29,34-39H,5-16H2,1-3H3. The molecule has 0 aromatic heterocycles. The summed E-state index contributed by atoms with van der Waals surface area (Å²) in [5, 5.41) is 62.9. The van der Waals surface area contributed by atoms with Crippen molar-refractivity contribution in [3.8, 4) is 0 Å². The van der Waals surface area contributed by atoms with E-state index < -0.39 is 48.7 Å². The predicted octanol–water partition coefficient (Wildman–Crippen LogP) is 1.63. The summed E-state index contributed by atoms with van der Waals surface area (Å²) in [6.07, 6.45) is 3.47. The highest BCUT2D eigenvalue weighted by atomic mass is 16.7. The highest BCUT2D eigenvalue weighted by Crippen LogP contribution is 2.72. The summed E-state index contributed by atoms with van der Waals surface area (Å²) in [6, 6.07) is 0. The van der Waals surface area contributed by atoms with Gasteiger partial charge in [0.15, 0.2) is 12.1 Å². The van der Waals surface area contributed by atoms with E-state index in [4.69, 9.17) is 18.9 Å². The van der Waals surface area contributed by atoms with Crippen molar-refractivity contribution >= 4 is 0 Å². The monoisotopic (exact) mass is 608 g/mol. The maximum atomic E-state index is 12.7. The van der Waals surface area contributed by atoms with E-state index in [1.165, 1.54) is 5.57 Å². The van der Waals surface area contributed by atoms with E-state index in [2.05, 4.69) is 26.8 Å². The molecule has 10 heteroatoms. The third-order valence-electron chi connectivity index (χ3n) is 13.8. The lowest BCUT2D eigenvalue weighted by Crippen LogP contribution is -2.60. The highest BCUT2D eigenvalue weighted by molar-refractivity contribution is 5.28. The van der Waals surface area contributed by atoms with E-state index in [0.717, 1.165) is 51.4 Å². The molecule has 0 aromatic rings. The summed E-state index contributed by atoms with van der Waals surface area (Å²) in [7, 11) is 0. The average molecular weight is 609 g/mol. The van der Waals surface area contributed by atoms with E-state index in [1.54, 1.807) is 0 Å². The molecule has 7 aliphatic rings. The second-order valence-corrected chi connectivity index (χ2v) is 15.6. The first kappa shape index (κ1) is 31.0. The largest absolute Gasteiger partial charge is 0.394 e. The SMILES string of the molecule is CC1C2(CCC(COC3OC(CO)C(O)C(O)C3O)CO2)OC2CC3C4CC=C5CC(O)CCC5(C)C4CCC3(C)C21O. The minimum atomic E-state index is -1.47. The van der Waals surface area contributed by atoms with E-state index in [1.807, 2.05) is 0 Å². The van der Waals surface area contributed by atoms with E-state index >= 15 is 0 Å². The van der Waals surface area contributed by atoms with Crippen LogP contribution >= 0.6 is 0 Å². The maximum absolute atomic E-state index is 12.7. The summed E-state index contributed by atoms with van der Waals surface area (Å²) in [5.74, 6) is 0.431. The molecule has 6 N–H and O–H groups in total. The van der Waals surface area contributed by atoms with Gasteiger partial charge in [0.2, 0.25) is 0 Å². The second-order valence-electron chi connectivity index (χ2n) is 15.6. The van der Waals surface area contributed by atoms with Crippen LogP contribution in [0.15, 0.2) is 11.6 Å². The van der Waals surface area contributed by atoms with Crippen LogP contribution in [0.1, 0.15) is 78.6 Å². The van der Waals surface area contributed by atoms with Gasteiger partial charge in [0, 0.05) is 23.7 Å². The summed E-state index contributed by atoms with van der Waals surface area (Å²) in [5.41, 5.74) is 0.369. The Morgan fingerprint density at radius 3 is 2.49 bits per heavy atom. The number of rotatable bonds is 4. The number of allylic oxidation sites excluding steroid dienone is 1. The zero-order valence-corrected chi connectivity index (χ0v) is 25.8. The first-order chi connectivity index (χ1) is 20.4. The lowest BCUT2D eigenvalue weighted by molar-refractivity contribution is -0.311. The zero-order valence-electron chi connectivity index (χ0n) is 25.8. The molecule has 244 valence electrons. The van der Waals surface area contributed by atoms with Gasteiger partial charge in [0.05, 0.1) is 32.0 Å². The van der Waals surface area contributed by atoms with Gasteiger partial charge in [-0.2, -0.15) is 0 Å². The van der Waals surface area contributed by atoms with Gasteiger partial charge < -0.3 is 49.6 Å². The molecule has 3 saturated carbocycles. The Morgan fingerprint density at radius 2 is 1.77 bits per heavy atom. The summed E-state index contributed by atoms with van der Waals surface area (Å²) < 4.78 is 24.6. The van der Waals surface area contributed by atoms with Crippen molar-refractivity contribution in [2.24, 2.45) is 40.4 Å². The van der Waals surface area contributed by atoms with Crippen LogP contribution in [0.25, 0.3) is 0 Å². The molecule has 16 unspecified atom stereocenters. The van der Waals surface area contributed by atoms with Gasteiger partial charge in [-0.1, -0.05) is 32.4 Å². The summed E-state index contributed by atoms with van der Waals surface area (Å²) >= 11 is 0. The topological polar surface area (TPSA) is 158 Å². The van der Waals surface area contributed by atoms with Crippen molar-refractivity contribution in [1.82, 2.24) is 0 Å². The Hall–Kier alpha value is -0.660. The van der Waals surface area contributed by atoms with Crippen LogP contribution < -0.4 is 0 Å². The van der Waals surface area contributed by atoms with Crippen molar-refractivity contribution in [2.75, 3.05) is 19.8 Å². The first-order valence-corrected chi connectivity index (χ1v) is 16.7. The van der Waals surface area contributed by atoms with Crippen LogP contribution in [0.5, 0.6) is 0 Å². The molecule has 3 saturated heterocycles. The fraction of sp³-hybridized carbons (Fsp3) is 0.939. The van der Waals surface area contributed by atoms with Crippen LogP contribution in [0.4, 0.5) is 0 Å². The molecule has 3 aliphatic heterocycles. The minimum absolute atomic E-state index is 0.000582. The molecule has 4 aliphatic carbocycles. The molecule has 1 spiro atoms. The minimum Gasteiger partial charge on any atom is -0.394 e. The van der Waals surface area contributed by atoms with Crippen LogP contribution in [0.3, 0.4) is 0 Å². The van der Waals surface area contributed by atoms with Gasteiger partial charge in [-0.15, -0.1) is 0 Å². The quantitative estimate of drug-likeness (QED) is 0.259. The Balaban J connectivity index is 1.01. The van der Waals surface area contributed by atoms with Gasteiger partial charge in [0.25, 0.3) is 0 Å². The van der Waals surface area contributed by atoms with E-state index in [9.17, 15) is 30.6 Å². The van der Waals surface area contributed by atoms with Gasteiger partial charge >= 0.3 is 0 Å². The molecular formula is C33H52O10. The fourth-order valence-corrected chi connectivity index (χ4v) is 11.1. The number of ether oxygens (including phenoxy) is 4. The number of hydrogen-bond acceptors (Lipinski definition) is 10. The Kier molecular flexibility index (Phi) is 7.70. The Bertz CT molecular complexity index is 1090. The molecule has 10 nitrogen and oxygen atoms in total. The van der Waals surface area contributed by atoms with E-state index in [0.29, 0.717) is 30.8 Å². The molecule has 0 amide bonds. The molecule has 16 atom stereocenters. The average Bonchev–Trinajstić information content (AvgIpc) is 3.35. The zero-order chi connectivity index (χ0) is 30.5. The molecule has 3 heterocycles. The van der Waals surface area contributed by atoms with Gasteiger partial charge in [0.1, 0.15) is 30.0 Å². The fourth-order valence-electron chi connectivity index (χ4n) is 11.1. The molecular weight excluding hydrogens is 556 g/mol. The van der Waals surface area contributed by atoms with Crippen molar-refractivity contribution in [3.05, 3.63) is 11.6 Å². The third kappa shape index (κ3) is 4.35. The number of fused-ring (bicyclic) bond motifs is 7. The Labute approximate surface area is 254 Å². The lowest BCUT2D eigenvalue weighted by atomic mass is 9.46. The predicted molar refractivity (Wildman–Crippen MR) is 153 cm³/mol. The highest BCUT2D eigenvalue weighted by Gasteiger charge is 2.76. The molecule has 7 rings (SSSR count). The lowest BCUT2D eigenvalue weighted by Gasteiger charge is -2.59. The van der Waals surface area contributed by atoms with Crippen LogP contribution in [0, 0.1) is 40.4 Å². The maximum Gasteiger partial charge on any atom is 0.186 e. The first-order valence-electron chi connectivity index (χ1n) is 16.7. The van der Waals surface area contributed by atoms with E-state index in [-0.39, 0.29) is 41.5 Å². The van der Waals surface area contributed by atoms with Crippen LogP contribution in [-0.4, -0.2) is 105 Å². The second kappa shape index (κ2) is 10.7. The van der Waals surface area contributed by atoms with Crippen molar-refractivity contribution < 1.29 is 49.6 Å². The van der Waals surface area contributed by atoms with Crippen LogP contribution in [-0.2, 0) is 18.9 Å². The third-order valence-corrected chi connectivity index (χ3v) is 13.8. The van der Waals surface area contributed by atoms with Crippen molar-refractivity contribution in [2.45, 2.75) is 133 Å². The van der Waals surface area contributed by atoms with Gasteiger partial charge in [-0.05, 0) is 74.5 Å². The molecule has 0 aromatic carbocycles. The molecule has 6 fully saturated rings. The van der Waals surface area contributed by atoms with Gasteiger partial charge in [-0.25, -0.2) is 0 Å². The summed E-state index contributed by atoms with van der Waals surface area (Å²) in [6.45, 7) is 6.92. The summed E-state index contributed by atoms with van der Waals surface area (Å²) in [4.78, 5) is 0. The molecule has 43 heavy (non-hydrogen) atoms.